The predicted octanol–water partition coefficient (Wildman–Crippen LogP) is 3.09. The van der Waals surface area contributed by atoms with Crippen LogP contribution >= 0.6 is 0 Å². The van der Waals surface area contributed by atoms with E-state index >= 15 is 0 Å². The first-order valence-corrected chi connectivity index (χ1v) is 14.0. The molecule has 246 valence electrons. The Labute approximate surface area is 258 Å². The van der Waals surface area contributed by atoms with Gasteiger partial charge in [-0.25, -0.2) is 18.7 Å². The van der Waals surface area contributed by atoms with Gasteiger partial charge in [-0.05, 0) is 43.1 Å². The summed E-state index contributed by atoms with van der Waals surface area (Å²) in [7, 11) is 0. The normalized spacial score (nSPS) is 14.5. The van der Waals surface area contributed by atoms with Crippen molar-refractivity contribution in [3.05, 3.63) is 59.8 Å². The fourth-order valence-electron chi connectivity index (χ4n) is 4.89. The number of fused-ring (bicyclic) bond motifs is 1. The van der Waals surface area contributed by atoms with Gasteiger partial charge in [-0.15, -0.1) is 0 Å². The molecule has 2 amide bonds. The van der Waals surface area contributed by atoms with Crippen LogP contribution in [0.2, 0.25) is 0 Å². The van der Waals surface area contributed by atoms with Crippen molar-refractivity contribution in [3.63, 3.8) is 0 Å². The van der Waals surface area contributed by atoms with Gasteiger partial charge in [0.15, 0.2) is 17.2 Å². The highest BCUT2D eigenvalue weighted by molar-refractivity contribution is 5.98. The largest absolute Gasteiger partial charge is 0.483 e. The molecule has 4 heterocycles. The Morgan fingerprint density at radius 2 is 2.00 bits per heavy atom. The number of alkyl halides is 5. The molecule has 18 heteroatoms. The van der Waals surface area contributed by atoms with Crippen LogP contribution in [0.15, 0.2) is 43.0 Å². The lowest BCUT2D eigenvalue weighted by atomic mass is 10.0. The highest BCUT2D eigenvalue weighted by Crippen LogP contribution is 2.37. The molecule has 0 bridgehead atoms. The van der Waals surface area contributed by atoms with E-state index in [1.165, 1.54) is 23.0 Å². The standard InChI is InChI=1S/C27H28F5N9O2.CH2O2/c1-2-15-9-16(3-4-18(15)26(43)36-12-22(42)37-17-5-6-33-10-17)38-24-25-35-11-20(41(25)8-7-34-24)19-13-40(14-21(28)29)39-23(19)27(30,31)32;2-1-3/h3-4,7-9,11,13,17,21,33H,2,5-6,10,12,14H2,1H3,(H,34,38)(H,36,43)(H,37,42);1H,(H,2,3)/t17-;/m0./s1. The molecule has 13 nitrogen and oxygen atoms in total. The topological polar surface area (TPSA) is 168 Å². The van der Waals surface area contributed by atoms with E-state index in [0.717, 1.165) is 19.2 Å². The van der Waals surface area contributed by atoms with Crippen LogP contribution in [0.3, 0.4) is 0 Å². The van der Waals surface area contributed by atoms with Crippen LogP contribution in [0, 0.1) is 0 Å². The summed E-state index contributed by atoms with van der Waals surface area (Å²) in [6, 6.07) is 4.99. The van der Waals surface area contributed by atoms with Crippen LogP contribution in [0.4, 0.5) is 33.5 Å². The van der Waals surface area contributed by atoms with Crippen molar-refractivity contribution >= 4 is 35.4 Å². The minimum absolute atomic E-state index is 0.0113. The van der Waals surface area contributed by atoms with E-state index in [-0.39, 0.29) is 42.1 Å². The van der Waals surface area contributed by atoms with Crippen molar-refractivity contribution in [2.45, 2.75) is 45.0 Å². The molecule has 3 aromatic heterocycles. The zero-order valence-corrected chi connectivity index (χ0v) is 24.3. The van der Waals surface area contributed by atoms with Gasteiger partial charge in [0.1, 0.15) is 6.54 Å². The van der Waals surface area contributed by atoms with E-state index < -0.39 is 36.3 Å². The molecule has 46 heavy (non-hydrogen) atoms. The van der Waals surface area contributed by atoms with E-state index in [9.17, 15) is 31.5 Å². The summed E-state index contributed by atoms with van der Waals surface area (Å²) in [5.74, 6) is -0.478. The fraction of sp³-hybridized carbons (Fsp3) is 0.357. The van der Waals surface area contributed by atoms with Crippen molar-refractivity contribution in [2.24, 2.45) is 0 Å². The average molecular weight is 652 g/mol. The first kappa shape index (κ1) is 33.8. The van der Waals surface area contributed by atoms with Crippen LogP contribution in [-0.2, 0) is 28.7 Å². The van der Waals surface area contributed by atoms with Gasteiger partial charge in [0, 0.05) is 42.4 Å². The van der Waals surface area contributed by atoms with E-state index in [0.29, 0.717) is 34.5 Å². The van der Waals surface area contributed by atoms with Crippen LogP contribution < -0.4 is 21.3 Å². The van der Waals surface area contributed by atoms with E-state index in [1.54, 1.807) is 18.2 Å². The van der Waals surface area contributed by atoms with Gasteiger partial charge < -0.3 is 26.4 Å². The molecule has 1 aliphatic heterocycles. The number of anilines is 2. The molecule has 0 spiro atoms. The number of aryl methyl sites for hydroxylation is 1. The second kappa shape index (κ2) is 14.8. The maximum atomic E-state index is 13.7. The van der Waals surface area contributed by atoms with Crippen LogP contribution in [-0.4, -0.2) is 79.6 Å². The second-order valence-electron chi connectivity index (χ2n) is 10.0. The zero-order valence-electron chi connectivity index (χ0n) is 24.3. The number of aromatic nitrogens is 5. The van der Waals surface area contributed by atoms with E-state index in [4.69, 9.17) is 9.90 Å². The number of rotatable bonds is 10. The highest BCUT2D eigenvalue weighted by atomic mass is 19.4. The Hall–Kier alpha value is -5.13. The van der Waals surface area contributed by atoms with Crippen molar-refractivity contribution < 1.29 is 41.4 Å². The summed E-state index contributed by atoms with van der Waals surface area (Å²) in [5.41, 5.74) is 0.0492. The summed E-state index contributed by atoms with van der Waals surface area (Å²) < 4.78 is 68.8. The molecular formula is C28H30F5N9O4. The number of carbonyl (C=O) groups is 3. The summed E-state index contributed by atoms with van der Waals surface area (Å²) in [4.78, 5) is 41.9. The third kappa shape index (κ3) is 8.12. The minimum atomic E-state index is -4.89. The number of amides is 2. The number of hydrogen-bond acceptors (Lipinski definition) is 8. The molecule has 0 saturated carbocycles. The van der Waals surface area contributed by atoms with Crippen molar-refractivity contribution in [1.82, 2.24) is 40.1 Å². The lowest BCUT2D eigenvalue weighted by molar-refractivity contribution is -0.141. The Kier molecular flexibility index (Phi) is 10.8. The van der Waals surface area contributed by atoms with Gasteiger partial charge in [0.2, 0.25) is 5.91 Å². The quantitative estimate of drug-likeness (QED) is 0.128. The number of carbonyl (C=O) groups excluding carboxylic acids is 2. The number of nitrogens with zero attached hydrogens (tertiary/aromatic N) is 5. The Morgan fingerprint density at radius 1 is 1.24 bits per heavy atom. The van der Waals surface area contributed by atoms with E-state index in [1.807, 2.05) is 6.92 Å². The fourth-order valence-corrected chi connectivity index (χ4v) is 4.89. The van der Waals surface area contributed by atoms with Gasteiger partial charge in [-0.1, -0.05) is 6.92 Å². The Morgan fingerprint density at radius 3 is 2.65 bits per heavy atom. The van der Waals surface area contributed by atoms with Gasteiger partial charge >= 0.3 is 6.18 Å². The van der Waals surface area contributed by atoms with Crippen LogP contribution in [0.1, 0.15) is 35.0 Å². The molecule has 1 aromatic carbocycles. The Bertz CT molecular complexity index is 1680. The average Bonchev–Trinajstić information content (AvgIpc) is 3.76. The SMILES string of the molecule is CCc1cc(Nc2nccn3c(-c4cn(CC(F)F)nc4C(F)(F)F)cnc23)ccc1C(=O)NCC(=O)N[C@H]1CCNC1.O=CO. The van der Waals surface area contributed by atoms with E-state index in [2.05, 4.69) is 36.3 Å². The molecule has 1 aliphatic rings. The summed E-state index contributed by atoms with van der Waals surface area (Å²) in [5, 5.41) is 22.0. The Balaban J connectivity index is 0.00000154. The first-order chi connectivity index (χ1) is 21.9. The third-order valence-corrected chi connectivity index (χ3v) is 6.89. The molecule has 5 rings (SSSR count). The summed E-state index contributed by atoms with van der Waals surface area (Å²) >= 11 is 0. The minimum Gasteiger partial charge on any atom is -0.483 e. The molecule has 0 radical (unpaired) electrons. The summed E-state index contributed by atoms with van der Waals surface area (Å²) in [6.07, 6.45) is -1.60. The van der Waals surface area contributed by atoms with Gasteiger partial charge in [-0.3, -0.25) is 23.5 Å². The zero-order chi connectivity index (χ0) is 33.4. The van der Waals surface area contributed by atoms with Crippen molar-refractivity contribution in [2.75, 3.05) is 25.0 Å². The highest BCUT2D eigenvalue weighted by Gasteiger charge is 2.38. The smallest absolute Gasteiger partial charge is 0.435 e. The summed E-state index contributed by atoms with van der Waals surface area (Å²) in [6.45, 7) is 1.98. The number of nitrogens with one attached hydrogen (secondary N) is 4. The molecular weight excluding hydrogens is 621 g/mol. The molecule has 0 unspecified atom stereocenters. The lowest BCUT2D eigenvalue weighted by Crippen LogP contribution is -2.42. The number of hydrogen-bond donors (Lipinski definition) is 5. The predicted molar refractivity (Wildman–Crippen MR) is 155 cm³/mol. The third-order valence-electron chi connectivity index (χ3n) is 6.89. The van der Waals surface area contributed by atoms with Gasteiger partial charge in [0.25, 0.3) is 18.8 Å². The van der Waals surface area contributed by atoms with Crippen LogP contribution in [0.5, 0.6) is 0 Å². The molecule has 1 atom stereocenters. The lowest BCUT2D eigenvalue weighted by Gasteiger charge is -2.14. The molecule has 1 fully saturated rings. The first-order valence-electron chi connectivity index (χ1n) is 14.0. The van der Waals surface area contributed by atoms with Gasteiger partial charge in [0.05, 0.1) is 24.0 Å². The number of imidazole rings is 1. The number of benzene rings is 1. The maximum absolute atomic E-state index is 13.7. The van der Waals surface area contributed by atoms with Crippen molar-refractivity contribution in [3.8, 4) is 11.3 Å². The van der Waals surface area contributed by atoms with Crippen molar-refractivity contribution in [1.29, 1.82) is 0 Å². The monoisotopic (exact) mass is 651 g/mol. The number of carboxylic acid groups (broad SMARTS) is 1. The molecule has 0 aliphatic carbocycles. The molecule has 4 aromatic rings. The van der Waals surface area contributed by atoms with Gasteiger partial charge in [-0.2, -0.15) is 18.3 Å². The molecule has 1 saturated heterocycles. The molecule has 5 N–H and O–H groups in total. The second-order valence-corrected chi connectivity index (χ2v) is 10.0. The van der Waals surface area contributed by atoms with Crippen LogP contribution in [0.25, 0.3) is 16.9 Å². The maximum Gasteiger partial charge on any atom is 0.435 e. The number of halogens is 5.